The number of para-hydroxylation sites is 1. The number of benzene rings is 3. The fourth-order valence-corrected chi connectivity index (χ4v) is 4.54. The monoisotopic (exact) mass is 538 g/mol. The van der Waals surface area contributed by atoms with E-state index in [1.54, 1.807) is 55.5 Å². The summed E-state index contributed by atoms with van der Waals surface area (Å²) < 4.78 is 21.3. The van der Waals surface area contributed by atoms with Crippen LogP contribution in [-0.4, -0.2) is 39.3 Å². The van der Waals surface area contributed by atoms with Crippen LogP contribution in [0.5, 0.6) is 5.75 Å². The number of amides is 1. The van der Waals surface area contributed by atoms with Crippen molar-refractivity contribution in [3.8, 4) is 34.0 Å². The number of carbonyl (C=O) groups excluding carboxylic acids is 1. The second-order valence-corrected chi connectivity index (χ2v) is 9.00. The van der Waals surface area contributed by atoms with E-state index in [0.29, 0.717) is 40.6 Å². The number of methoxy groups -OCH3 is 1. The maximum absolute atomic E-state index is 14.9. The van der Waals surface area contributed by atoms with E-state index in [0.717, 1.165) is 0 Å². The van der Waals surface area contributed by atoms with E-state index in [1.165, 1.54) is 29.0 Å². The Balaban J connectivity index is 1.46. The smallest absolute Gasteiger partial charge is 0.284 e. The molecule has 5 aromatic rings. The van der Waals surface area contributed by atoms with Gasteiger partial charge in [-0.1, -0.05) is 36.4 Å². The van der Waals surface area contributed by atoms with Gasteiger partial charge in [-0.3, -0.25) is 14.7 Å². The molecule has 3 N–H and O–H groups in total. The summed E-state index contributed by atoms with van der Waals surface area (Å²) in [6, 6.07) is 20.8. The molecule has 0 saturated heterocycles. The predicted molar refractivity (Wildman–Crippen MR) is 152 cm³/mol. The lowest BCUT2D eigenvalue weighted by Gasteiger charge is -2.21. The minimum atomic E-state index is -0.547. The van der Waals surface area contributed by atoms with Gasteiger partial charge in [-0.25, -0.2) is 19.0 Å². The molecule has 0 spiro atoms. The highest BCUT2D eigenvalue weighted by Crippen LogP contribution is 2.31. The fraction of sp³-hybridized carbons (Fsp3) is 0.133. The standard InChI is InChI=1S/C30H27FN6O3/c1-4-36(29(38)25-18(2)35-37(30(25)39)21-9-6-5-7-10-21)20-15-13-19(14-16-20)27-28(32)33-17-23(34-27)22-11-8-12-24(40-3)26(22)31/h5-17,35H,4H2,1-3H3,(H2,32,33). The summed E-state index contributed by atoms with van der Waals surface area (Å²) in [6.07, 6.45) is 1.41. The highest BCUT2D eigenvalue weighted by atomic mass is 19.1. The average molecular weight is 539 g/mol. The molecule has 0 aliphatic rings. The molecule has 5 rings (SSSR count). The lowest BCUT2D eigenvalue weighted by atomic mass is 10.1. The van der Waals surface area contributed by atoms with Crippen molar-refractivity contribution in [2.24, 2.45) is 0 Å². The lowest BCUT2D eigenvalue weighted by molar-refractivity contribution is 0.0986. The van der Waals surface area contributed by atoms with E-state index in [1.807, 2.05) is 25.1 Å². The Morgan fingerprint density at radius 2 is 1.80 bits per heavy atom. The third-order valence-corrected chi connectivity index (χ3v) is 6.57. The van der Waals surface area contributed by atoms with Crippen molar-refractivity contribution in [3.63, 3.8) is 0 Å². The van der Waals surface area contributed by atoms with Crippen molar-refractivity contribution in [3.05, 3.63) is 106 Å². The van der Waals surface area contributed by atoms with Crippen LogP contribution in [0.15, 0.2) is 83.8 Å². The molecule has 0 aliphatic heterocycles. The number of H-pyrrole nitrogens is 1. The third kappa shape index (κ3) is 4.71. The highest BCUT2D eigenvalue weighted by molar-refractivity contribution is 6.06. The summed E-state index contributed by atoms with van der Waals surface area (Å²) in [7, 11) is 1.39. The zero-order valence-electron chi connectivity index (χ0n) is 22.2. The van der Waals surface area contributed by atoms with Gasteiger partial charge in [0.15, 0.2) is 11.6 Å². The van der Waals surface area contributed by atoms with E-state index in [4.69, 9.17) is 10.5 Å². The lowest BCUT2D eigenvalue weighted by Crippen LogP contribution is -2.34. The first-order chi connectivity index (χ1) is 19.3. The average Bonchev–Trinajstić information content (AvgIpc) is 3.28. The van der Waals surface area contributed by atoms with E-state index < -0.39 is 17.3 Å². The second kappa shape index (κ2) is 10.9. The number of rotatable bonds is 7. The summed E-state index contributed by atoms with van der Waals surface area (Å²) in [4.78, 5) is 37.1. The van der Waals surface area contributed by atoms with Crippen LogP contribution in [0.2, 0.25) is 0 Å². The Labute approximate surface area is 229 Å². The number of aryl methyl sites for hydroxylation is 1. The maximum Gasteiger partial charge on any atom is 0.284 e. The zero-order valence-corrected chi connectivity index (χ0v) is 22.2. The summed E-state index contributed by atoms with van der Waals surface area (Å²) in [5.74, 6) is -0.695. The van der Waals surface area contributed by atoms with Gasteiger partial charge in [0.05, 0.1) is 24.7 Å². The van der Waals surface area contributed by atoms with Crippen LogP contribution < -0.4 is 20.9 Å². The van der Waals surface area contributed by atoms with Gasteiger partial charge in [-0.2, -0.15) is 0 Å². The number of hydrogen-bond donors (Lipinski definition) is 2. The van der Waals surface area contributed by atoms with Crippen LogP contribution in [0.25, 0.3) is 28.2 Å². The number of aromatic nitrogens is 4. The first kappa shape index (κ1) is 26.4. The zero-order chi connectivity index (χ0) is 28.4. The molecule has 0 saturated carbocycles. The van der Waals surface area contributed by atoms with Crippen molar-refractivity contribution in [2.45, 2.75) is 13.8 Å². The number of ether oxygens (including phenoxy) is 1. The van der Waals surface area contributed by atoms with Gasteiger partial charge in [0, 0.05) is 29.1 Å². The molecule has 2 aromatic heterocycles. The van der Waals surface area contributed by atoms with Crippen LogP contribution in [0.4, 0.5) is 15.9 Å². The van der Waals surface area contributed by atoms with Crippen molar-refractivity contribution >= 4 is 17.4 Å². The van der Waals surface area contributed by atoms with Crippen molar-refractivity contribution in [2.75, 3.05) is 24.3 Å². The SMILES string of the molecule is CCN(C(=O)c1c(C)[nH]n(-c2ccccc2)c1=O)c1ccc(-c2nc(-c3cccc(OC)c3F)cnc2N)cc1. The number of nitrogens with one attached hydrogen (secondary N) is 1. The van der Waals surface area contributed by atoms with Crippen molar-refractivity contribution in [1.29, 1.82) is 0 Å². The van der Waals surface area contributed by atoms with Crippen molar-refractivity contribution < 1.29 is 13.9 Å². The number of nitrogens with two attached hydrogens (primary N) is 1. The van der Waals surface area contributed by atoms with Gasteiger partial charge in [-0.15, -0.1) is 0 Å². The molecular formula is C30H27FN6O3. The highest BCUT2D eigenvalue weighted by Gasteiger charge is 2.25. The van der Waals surface area contributed by atoms with Crippen molar-refractivity contribution in [1.82, 2.24) is 19.7 Å². The molecule has 202 valence electrons. The van der Waals surface area contributed by atoms with E-state index in [9.17, 15) is 14.0 Å². The van der Waals surface area contributed by atoms with E-state index in [-0.39, 0.29) is 22.7 Å². The summed E-state index contributed by atoms with van der Waals surface area (Å²) in [6.45, 7) is 3.86. The first-order valence-electron chi connectivity index (χ1n) is 12.6. The molecule has 0 fully saturated rings. The van der Waals surface area contributed by atoms with Crippen LogP contribution in [-0.2, 0) is 0 Å². The molecule has 9 nitrogen and oxygen atoms in total. The normalized spacial score (nSPS) is 10.9. The van der Waals surface area contributed by atoms with E-state index in [2.05, 4.69) is 15.1 Å². The molecule has 0 aliphatic carbocycles. The molecule has 1 amide bonds. The first-order valence-corrected chi connectivity index (χ1v) is 12.6. The van der Waals surface area contributed by atoms with Crippen LogP contribution in [0.3, 0.4) is 0 Å². The van der Waals surface area contributed by atoms with Gasteiger partial charge in [-0.05, 0) is 50.2 Å². The molecule has 0 unspecified atom stereocenters. The topological polar surface area (TPSA) is 119 Å². The number of halogens is 1. The number of hydrogen-bond acceptors (Lipinski definition) is 6. The molecule has 10 heteroatoms. The largest absolute Gasteiger partial charge is 0.494 e. The molecule has 2 heterocycles. The van der Waals surface area contributed by atoms with Crippen LogP contribution in [0, 0.1) is 12.7 Å². The predicted octanol–water partition coefficient (Wildman–Crippen LogP) is 4.99. The quantitative estimate of drug-likeness (QED) is 0.301. The molecule has 0 atom stereocenters. The Hall–Kier alpha value is -5.25. The molecule has 0 bridgehead atoms. The van der Waals surface area contributed by atoms with Gasteiger partial charge >= 0.3 is 0 Å². The Morgan fingerprint density at radius 3 is 2.48 bits per heavy atom. The Bertz CT molecular complexity index is 1750. The molecule has 40 heavy (non-hydrogen) atoms. The number of nitrogens with zero attached hydrogens (tertiary/aromatic N) is 4. The van der Waals surface area contributed by atoms with E-state index >= 15 is 0 Å². The third-order valence-electron chi connectivity index (χ3n) is 6.57. The minimum absolute atomic E-state index is 0.0675. The van der Waals surface area contributed by atoms with Crippen LogP contribution in [0.1, 0.15) is 23.0 Å². The Kier molecular flexibility index (Phi) is 7.15. The molecule has 0 radical (unpaired) electrons. The summed E-state index contributed by atoms with van der Waals surface area (Å²) in [5, 5.41) is 3.00. The maximum atomic E-state index is 14.9. The number of carbonyl (C=O) groups is 1. The van der Waals surface area contributed by atoms with Gasteiger partial charge in [0.1, 0.15) is 17.1 Å². The van der Waals surface area contributed by atoms with Crippen LogP contribution >= 0.6 is 0 Å². The van der Waals surface area contributed by atoms with Gasteiger partial charge in [0.2, 0.25) is 0 Å². The number of aromatic amines is 1. The number of nitrogen functional groups attached to an aromatic ring is 1. The Morgan fingerprint density at radius 1 is 1.07 bits per heavy atom. The second-order valence-electron chi connectivity index (χ2n) is 9.00. The summed E-state index contributed by atoms with van der Waals surface area (Å²) >= 11 is 0. The molecule has 3 aromatic carbocycles. The fourth-order valence-electron chi connectivity index (χ4n) is 4.54. The summed E-state index contributed by atoms with van der Waals surface area (Å²) in [5.41, 5.74) is 9.00. The van der Waals surface area contributed by atoms with Gasteiger partial charge < -0.3 is 15.4 Å². The minimum Gasteiger partial charge on any atom is -0.494 e. The van der Waals surface area contributed by atoms with Gasteiger partial charge in [0.25, 0.3) is 11.5 Å². The number of anilines is 2. The molecular weight excluding hydrogens is 511 g/mol.